The van der Waals surface area contributed by atoms with E-state index >= 15 is 0 Å². The third-order valence-corrected chi connectivity index (χ3v) is 10.1. The Bertz CT molecular complexity index is 2000. The average molecular weight is 678 g/mol. The number of aromatic nitrogens is 2. The number of fused-ring (bicyclic) bond motifs is 2. The molecule has 3 aliphatic heterocycles. The highest BCUT2D eigenvalue weighted by Crippen LogP contribution is 2.34. The van der Waals surface area contributed by atoms with Gasteiger partial charge in [0, 0.05) is 65.7 Å². The van der Waals surface area contributed by atoms with Gasteiger partial charge in [-0.05, 0) is 55.2 Å². The Morgan fingerprint density at radius 2 is 1.90 bits per heavy atom. The number of carbonyl (C=O) groups excluding carboxylic acids is 4. The van der Waals surface area contributed by atoms with Crippen LogP contribution >= 0.6 is 11.3 Å². The number of thiophene rings is 1. The smallest absolute Gasteiger partial charge is 0.319 e. The van der Waals surface area contributed by atoms with Gasteiger partial charge in [0.2, 0.25) is 11.8 Å². The fourth-order valence-corrected chi connectivity index (χ4v) is 7.39. The fraction of sp³-hybridized carbons (Fsp3) is 0.286. The number of para-hydroxylation sites is 2. The van der Waals surface area contributed by atoms with Gasteiger partial charge in [-0.25, -0.2) is 9.78 Å². The zero-order chi connectivity index (χ0) is 33.9. The molecule has 3 aliphatic rings. The van der Waals surface area contributed by atoms with Gasteiger partial charge in [0.15, 0.2) is 0 Å². The summed E-state index contributed by atoms with van der Waals surface area (Å²) >= 11 is 1.40. The number of aliphatic imine (C=N–C) groups is 1. The maximum absolute atomic E-state index is 13.0. The van der Waals surface area contributed by atoms with Crippen LogP contribution in [0.15, 0.2) is 71.3 Å². The molecule has 250 valence electrons. The van der Waals surface area contributed by atoms with Crippen molar-refractivity contribution in [2.75, 3.05) is 23.3 Å². The average Bonchev–Trinajstić information content (AvgIpc) is 3.67. The molecule has 5 N–H and O–H groups in total. The number of benzene rings is 2. The molecule has 2 saturated heterocycles. The monoisotopic (exact) mass is 677 g/mol. The van der Waals surface area contributed by atoms with Crippen molar-refractivity contribution in [1.29, 1.82) is 0 Å². The van der Waals surface area contributed by atoms with Crippen molar-refractivity contribution in [2.45, 2.75) is 50.9 Å². The predicted octanol–water partition coefficient (Wildman–Crippen LogP) is 3.81. The number of nitrogens with one attached hydrogen (secondary N) is 3. The summed E-state index contributed by atoms with van der Waals surface area (Å²) in [6.07, 6.45) is 7.26. The molecule has 0 spiro atoms. The predicted molar refractivity (Wildman–Crippen MR) is 188 cm³/mol. The van der Waals surface area contributed by atoms with Crippen LogP contribution < -0.4 is 26.6 Å². The molecule has 0 bridgehead atoms. The first-order valence-corrected chi connectivity index (χ1v) is 17.0. The summed E-state index contributed by atoms with van der Waals surface area (Å²) in [7, 11) is 0. The summed E-state index contributed by atoms with van der Waals surface area (Å²) in [5.74, 6) is -0.991. The fourth-order valence-electron chi connectivity index (χ4n) is 6.42. The molecule has 1 atom stereocenters. The SMILES string of the molecule is NC=C(C=NC1CCN(c2cccc(NC(=O)NCc3scc4c3CN(C3CCC(=O)NC3=O)C4=O)c2)CC1)c1cnc2ccccc2n1. The molecule has 2 fully saturated rings. The first kappa shape index (κ1) is 31.9. The Hall–Kier alpha value is -5.63. The largest absolute Gasteiger partial charge is 0.404 e. The Labute approximate surface area is 286 Å². The quantitative estimate of drug-likeness (QED) is 0.161. The zero-order valence-corrected chi connectivity index (χ0v) is 27.4. The molecule has 5 heterocycles. The molecule has 4 aromatic rings. The lowest BCUT2D eigenvalue weighted by Gasteiger charge is -2.32. The van der Waals surface area contributed by atoms with E-state index in [4.69, 9.17) is 10.7 Å². The highest BCUT2D eigenvalue weighted by atomic mass is 32.1. The van der Waals surface area contributed by atoms with E-state index in [1.807, 2.05) is 48.5 Å². The summed E-state index contributed by atoms with van der Waals surface area (Å²) in [6.45, 7) is 2.14. The number of carbonyl (C=O) groups is 4. The van der Waals surface area contributed by atoms with Gasteiger partial charge >= 0.3 is 6.03 Å². The van der Waals surface area contributed by atoms with Gasteiger partial charge in [0.05, 0.1) is 41.1 Å². The lowest BCUT2D eigenvalue weighted by atomic mass is 10.0. The van der Waals surface area contributed by atoms with E-state index in [9.17, 15) is 19.2 Å². The van der Waals surface area contributed by atoms with Crippen molar-refractivity contribution in [2.24, 2.45) is 10.7 Å². The van der Waals surface area contributed by atoms with Crippen molar-refractivity contribution in [3.8, 4) is 0 Å². The third kappa shape index (κ3) is 6.85. The Kier molecular flexibility index (Phi) is 9.03. The summed E-state index contributed by atoms with van der Waals surface area (Å²) in [4.78, 5) is 68.4. The molecule has 0 saturated carbocycles. The number of allylic oxidation sites excluding steroid dienone is 1. The molecule has 5 amide bonds. The van der Waals surface area contributed by atoms with E-state index in [-0.39, 0.29) is 43.4 Å². The molecular formula is C35H35N9O4S. The van der Waals surface area contributed by atoms with Crippen LogP contribution in [0.5, 0.6) is 0 Å². The van der Waals surface area contributed by atoms with Gasteiger partial charge in [-0.3, -0.25) is 29.7 Å². The molecule has 2 aromatic heterocycles. The Morgan fingerprint density at radius 1 is 1.08 bits per heavy atom. The highest BCUT2D eigenvalue weighted by molar-refractivity contribution is 7.10. The standard InChI is InChI=1S/C35H35N9O4S/c36-15-21(29-17-38-27-6-1-2-7-28(27)41-29)16-37-22-10-12-43(13-11-22)24-5-3-4-23(14-24)40-35(48)39-18-31-25-19-44(34(47)26(25)20-49-31)30-8-9-32(45)42-33(30)46/h1-7,14-17,20,22,30H,8-13,18-19,36H2,(H2,39,40,48)(H,42,45,46). The summed E-state index contributed by atoms with van der Waals surface area (Å²) in [5, 5.41) is 9.90. The Balaban J connectivity index is 0.903. The number of piperidine rings is 2. The first-order chi connectivity index (χ1) is 23.9. The first-order valence-electron chi connectivity index (χ1n) is 16.2. The summed E-state index contributed by atoms with van der Waals surface area (Å²) in [6, 6.07) is 14.6. The molecular weight excluding hydrogens is 643 g/mol. The minimum absolute atomic E-state index is 0.150. The van der Waals surface area contributed by atoms with E-state index < -0.39 is 11.9 Å². The maximum Gasteiger partial charge on any atom is 0.319 e. The second-order valence-corrected chi connectivity index (χ2v) is 13.1. The number of hydrogen-bond donors (Lipinski definition) is 4. The zero-order valence-electron chi connectivity index (χ0n) is 26.6. The molecule has 49 heavy (non-hydrogen) atoms. The minimum atomic E-state index is -0.671. The Morgan fingerprint density at radius 3 is 2.69 bits per heavy atom. The van der Waals surface area contributed by atoms with Crippen LogP contribution in [-0.2, 0) is 22.7 Å². The number of hydrogen-bond acceptors (Lipinski definition) is 10. The molecule has 2 aromatic carbocycles. The number of nitrogens with zero attached hydrogens (tertiary/aromatic N) is 5. The number of amides is 5. The maximum atomic E-state index is 13.0. The number of nitrogens with two attached hydrogens (primary N) is 1. The molecule has 0 aliphatic carbocycles. The second-order valence-electron chi connectivity index (χ2n) is 12.2. The van der Waals surface area contributed by atoms with Crippen LogP contribution in [0.25, 0.3) is 16.6 Å². The van der Waals surface area contributed by atoms with E-state index in [1.54, 1.807) is 17.8 Å². The van der Waals surface area contributed by atoms with Gasteiger partial charge < -0.3 is 26.2 Å². The minimum Gasteiger partial charge on any atom is -0.404 e. The van der Waals surface area contributed by atoms with Gasteiger partial charge in [-0.1, -0.05) is 18.2 Å². The van der Waals surface area contributed by atoms with Crippen LogP contribution in [0.4, 0.5) is 16.2 Å². The van der Waals surface area contributed by atoms with Crippen molar-refractivity contribution in [3.05, 3.63) is 88.0 Å². The lowest BCUT2D eigenvalue weighted by Crippen LogP contribution is -2.52. The summed E-state index contributed by atoms with van der Waals surface area (Å²) < 4.78 is 0. The molecule has 1 unspecified atom stereocenters. The number of rotatable bonds is 8. The van der Waals surface area contributed by atoms with Crippen molar-refractivity contribution in [3.63, 3.8) is 0 Å². The highest BCUT2D eigenvalue weighted by Gasteiger charge is 2.40. The molecule has 14 heteroatoms. The lowest BCUT2D eigenvalue weighted by molar-refractivity contribution is -0.136. The number of anilines is 2. The number of imide groups is 1. The normalized spacial score (nSPS) is 18.7. The second kappa shape index (κ2) is 13.8. The van der Waals surface area contributed by atoms with E-state index in [2.05, 4.69) is 30.8 Å². The number of urea groups is 1. The van der Waals surface area contributed by atoms with E-state index in [0.717, 1.165) is 58.7 Å². The van der Waals surface area contributed by atoms with Crippen molar-refractivity contribution >= 4 is 69.3 Å². The van der Waals surface area contributed by atoms with Gasteiger partial charge in [0.1, 0.15) is 6.04 Å². The van der Waals surface area contributed by atoms with Gasteiger partial charge in [0.25, 0.3) is 5.91 Å². The van der Waals surface area contributed by atoms with Gasteiger partial charge in [-0.15, -0.1) is 11.3 Å². The van der Waals surface area contributed by atoms with Crippen molar-refractivity contribution in [1.82, 2.24) is 25.5 Å². The third-order valence-electron chi connectivity index (χ3n) is 9.08. The van der Waals surface area contributed by atoms with Crippen LogP contribution in [0, 0.1) is 0 Å². The van der Waals surface area contributed by atoms with Crippen LogP contribution in [0.3, 0.4) is 0 Å². The van der Waals surface area contributed by atoms with Gasteiger partial charge in [-0.2, -0.15) is 0 Å². The molecule has 7 rings (SSSR count). The molecule has 0 radical (unpaired) electrons. The topological polar surface area (TPSA) is 175 Å². The van der Waals surface area contributed by atoms with Crippen LogP contribution in [-0.4, -0.2) is 70.0 Å². The van der Waals surface area contributed by atoms with Crippen LogP contribution in [0.2, 0.25) is 0 Å². The van der Waals surface area contributed by atoms with Crippen LogP contribution in [0.1, 0.15) is 52.2 Å². The summed E-state index contributed by atoms with van der Waals surface area (Å²) in [5.41, 5.74) is 12.0. The van der Waals surface area contributed by atoms with E-state index in [1.165, 1.54) is 22.4 Å². The molecule has 13 nitrogen and oxygen atoms in total. The van der Waals surface area contributed by atoms with E-state index in [0.29, 0.717) is 23.4 Å². The van der Waals surface area contributed by atoms with Crippen molar-refractivity contribution < 1.29 is 19.2 Å².